The minimum atomic E-state index is -0.190. The number of aromatic nitrogens is 5. The fraction of sp³-hybridized carbons (Fsp3) is 0.143. The number of rotatable bonds is 4. The molecule has 0 unspecified atom stereocenters. The van der Waals surface area contributed by atoms with E-state index in [0.717, 1.165) is 0 Å². The molecule has 0 spiro atoms. The van der Waals surface area contributed by atoms with Gasteiger partial charge in [0, 0.05) is 6.20 Å². The Bertz CT molecular complexity index is 917. The predicted molar refractivity (Wildman–Crippen MR) is 87.9 cm³/mol. The van der Waals surface area contributed by atoms with E-state index in [-0.39, 0.29) is 5.56 Å². The Labute approximate surface area is 135 Å². The zero-order valence-electron chi connectivity index (χ0n) is 11.7. The van der Waals surface area contributed by atoms with Crippen molar-refractivity contribution in [3.05, 3.63) is 52.6 Å². The maximum absolute atomic E-state index is 12.5. The average molecular weight is 334 g/mol. The van der Waals surface area contributed by atoms with Crippen LogP contribution in [0.25, 0.3) is 16.9 Å². The van der Waals surface area contributed by atoms with Crippen LogP contribution in [0.4, 0.5) is 0 Å². The topological polar surface area (TPSA) is 65.6 Å². The molecule has 0 saturated heterocycles. The molecular formula is C14H12ClN5OS. The number of halogens is 1. The largest absolute Gasteiger partial charge is 0.278 e. The standard InChI is InChI=1S/C14H12ClN5OS/c1-3-7-19-13(21)9-8-16-14(22-2)18-12(9)20(19)11-6-4-5-10(15)17-11/h3-6,8H,1,7H2,2H3. The number of thioether (sulfide) groups is 1. The molecule has 6 nitrogen and oxygen atoms in total. The van der Waals surface area contributed by atoms with Crippen molar-refractivity contribution < 1.29 is 0 Å². The zero-order chi connectivity index (χ0) is 15.7. The first-order valence-electron chi connectivity index (χ1n) is 6.42. The van der Waals surface area contributed by atoms with Gasteiger partial charge in [-0.3, -0.25) is 4.79 Å². The molecule has 0 N–H and O–H groups in total. The summed E-state index contributed by atoms with van der Waals surface area (Å²) < 4.78 is 3.15. The Morgan fingerprint density at radius 3 is 2.91 bits per heavy atom. The predicted octanol–water partition coefficient (Wildman–Crippen LogP) is 2.54. The van der Waals surface area contributed by atoms with Crippen LogP contribution in [0.1, 0.15) is 0 Å². The van der Waals surface area contributed by atoms with Crippen LogP contribution in [0, 0.1) is 0 Å². The molecule has 8 heteroatoms. The van der Waals surface area contributed by atoms with Crippen LogP contribution < -0.4 is 5.56 Å². The quantitative estimate of drug-likeness (QED) is 0.318. The molecule has 0 fully saturated rings. The lowest BCUT2D eigenvalue weighted by Crippen LogP contribution is -2.22. The molecule has 0 aliphatic carbocycles. The Hall–Kier alpha value is -2.12. The number of fused-ring (bicyclic) bond motifs is 1. The first-order valence-corrected chi connectivity index (χ1v) is 8.02. The molecule has 112 valence electrons. The zero-order valence-corrected chi connectivity index (χ0v) is 13.3. The Kier molecular flexibility index (Phi) is 4.00. The van der Waals surface area contributed by atoms with Gasteiger partial charge in [-0.05, 0) is 18.4 Å². The smallest absolute Gasteiger partial charge is 0.267 e. The lowest BCUT2D eigenvalue weighted by molar-refractivity contribution is 0.596. The summed E-state index contributed by atoms with van der Waals surface area (Å²) in [5, 5.41) is 1.36. The highest BCUT2D eigenvalue weighted by molar-refractivity contribution is 7.98. The Morgan fingerprint density at radius 2 is 2.23 bits per heavy atom. The van der Waals surface area contributed by atoms with E-state index in [1.54, 1.807) is 29.0 Å². The maximum atomic E-state index is 12.5. The summed E-state index contributed by atoms with van der Waals surface area (Å²) in [5.74, 6) is 0.521. The van der Waals surface area contributed by atoms with Gasteiger partial charge in [0.15, 0.2) is 16.6 Å². The molecular weight excluding hydrogens is 322 g/mol. The molecule has 0 aliphatic heterocycles. The first-order chi connectivity index (χ1) is 10.7. The van der Waals surface area contributed by atoms with Crippen molar-refractivity contribution in [3.8, 4) is 5.82 Å². The highest BCUT2D eigenvalue weighted by Gasteiger charge is 2.17. The number of nitrogens with zero attached hydrogens (tertiary/aromatic N) is 5. The monoisotopic (exact) mass is 333 g/mol. The summed E-state index contributed by atoms with van der Waals surface area (Å²) in [6.45, 7) is 4.02. The van der Waals surface area contributed by atoms with E-state index in [4.69, 9.17) is 11.6 Å². The number of allylic oxidation sites excluding steroid dienone is 1. The van der Waals surface area contributed by atoms with Crippen molar-refractivity contribution in [1.82, 2.24) is 24.3 Å². The summed E-state index contributed by atoms with van der Waals surface area (Å²) >= 11 is 7.38. The van der Waals surface area contributed by atoms with E-state index in [0.29, 0.717) is 33.7 Å². The van der Waals surface area contributed by atoms with Crippen molar-refractivity contribution in [2.45, 2.75) is 11.7 Å². The van der Waals surface area contributed by atoms with E-state index in [1.165, 1.54) is 22.6 Å². The van der Waals surface area contributed by atoms with Gasteiger partial charge in [-0.2, -0.15) is 0 Å². The molecule has 3 rings (SSSR count). The number of hydrogen-bond donors (Lipinski definition) is 0. The highest BCUT2D eigenvalue weighted by Crippen LogP contribution is 2.18. The van der Waals surface area contributed by atoms with Crippen LogP contribution in [-0.4, -0.2) is 30.6 Å². The molecule has 3 aromatic heterocycles. The third kappa shape index (κ3) is 2.42. The number of pyridine rings is 1. The van der Waals surface area contributed by atoms with Crippen molar-refractivity contribution in [2.24, 2.45) is 0 Å². The van der Waals surface area contributed by atoms with Crippen LogP contribution in [0.5, 0.6) is 0 Å². The van der Waals surface area contributed by atoms with Gasteiger partial charge in [-0.25, -0.2) is 24.3 Å². The van der Waals surface area contributed by atoms with Gasteiger partial charge in [-0.1, -0.05) is 35.5 Å². The first kappa shape index (κ1) is 14.8. The van der Waals surface area contributed by atoms with E-state index >= 15 is 0 Å². The molecule has 3 aromatic rings. The second kappa shape index (κ2) is 5.94. The van der Waals surface area contributed by atoms with Crippen molar-refractivity contribution in [1.29, 1.82) is 0 Å². The summed E-state index contributed by atoms with van der Waals surface area (Å²) in [6.07, 6.45) is 5.06. The Morgan fingerprint density at radius 1 is 1.41 bits per heavy atom. The van der Waals surface area contributed by atoms with Gasteiger partial charge in [0.05, 0.1) is 6.54 Å². The fourth-order valence-corrected chi connectivity index (χ4v) is 2.64. The Balaban J connectivity index is 2.41. The lowest BCUT2D eigenvalue weighted by atomic mass is 10.4. The van der Waals surface area contributed by atoms with E-state index < -0.39 is 0 Å². The fourth-order valence-electron chi connectivity index (χ4n) is 2.15. The molecule has 0 amide bonds. The molecule has 0 atom stereocenters. The lowest BCUT2D eigenvalue weighted by Gasteiger charge is -2.09. The summed E-state index contributed by atoms with van der Waals surface area (Å²) in [5.41, 5.74) is 0.310. The average Bonchev–Trinajstić information content (AvgIpc) is 2.80. The van der Waals surface area contributed by atoms with Gasteiger partial charge in [0.2, 0.25) is 0 Å². The summed E-state index contributed by atoms with van der Waals surface area (Å²) in [4.78, 5) is 25.4. The van der Waals surface area contributed by atoms with E-state index in [1.807, 2.05) is 6.26 Å². The normalized spacial score (nSPS) is 11.0. The van der Waals surface area contributed by atoms with Crippen LogP contribution in [0.15, 0.2) is 47.0 Å². The van der Waals surface area contributed by atoms with Gasteiger partial charge >= 0.3 is 0 Å². The number of hydrogen-bond acceptors (Lipinski definition) is 5. The molecule has 3 heterocycles. The molecule has 0 aromatic carbocycles. The van der Waals surface area contributed by atoms with Gasteiger partial charge in [0.1, 0.15) is 10.5 Å². The molecule has 0 radical (unpaired) electrons. The van der Waals surface area contributed by atoms with Crippen LogP contribution in [0.2, 0.25) is 5.15 Å². The molecule has 0 saturated carbocycles. The third-order valence-corrected chi connectivity index (χ3v) is 3.83. The maximum Gasteiger partial charge on any atom is 0.278 e. The van der Waals surface area contributed by atoms with E-state index in [2.05, 4.69) is 21.5 Å². The summed E-state index contributed by atoms with van der Waals surface area (Å²) in [7, 11) is 0. The minimum Gasteiger partial charge on any atom is -0.267 e. The second-order valence-corrected chi connectivity index (χ2v) is 5.56. The van der Waals surface area contributed by atoms with Gasteiger partial charge in [0.25, 0.3) is 5.56 Å². The highest BCUT2D eigenvalue weighted by atomic mass is 35.5. The second-order valence-electron chi connectivity index (χ2n) is 4.40. The van der Waals surface area contributed by atoms with Crippen molar-refractivity contribution >= 4 is 34.4 Å². The molecule has 22 heavy (non-hydrogen) atoms. The summed E-state index contributed by atoms with van der Waals surface area (Å²) in [6, 6.07) is 5.22. The third-order valence-electron chi connectivity index (χ3n) is 3.06. The van der Waals surface area contributed by atoms with E-state index in [9.17, 15) is 4.79 Å². The van der Waals surface area contributed by atoms with Gasteiger partial charge in [-0.15, -0.1) is 6.58 Å². The molecule has 0 aliphatic rings. The van der Waals surface area contributed by atoms with Crippen molar-refractivity contribution in [2.75, 3.05) is 6.26 Å². The van der Waals surface area contributed by atoms with Crippen LogP contribution in [0.3, 0.4) is 0 Å². The minimum absolute atomic E-state index is 0.190. The SMILES string of the molecule is C=CCn1c(=O)c2cnc(SC)nc2n1-c1cccc(Cl)n1. The van der Waals surface area contributed by atoms with Crippen LogP contribution >= 0.6 is 23.4 Å². The van der Waals surface area contributed by atoms with Crippen LogP contribution in [-0.2, 0) is 6.54 Å². The van der Waals surface area contributed by atoms with Crippen molar-refractivity contribution in [3.63, 3.8) is 0 Å². The van der Waals surface area contributed by atoms with Gasteiger partial charge < -0.3 is 0 Å². The molecule has 0 bridgehead atoms.